The summed E-state index contributed by atoms with van der Waals surface area (Å²) in [5, 5.41) is 9.15. The second-order valence-corrected chi connectivity index (χ2v) is 11.2. The van der Waals surface area contributed by atoms with Gasteiger partial charge in [0.05, 0.1) is 11.5 Å². The van der Waals surface area contributed by atoms with Crippen molar-refractivity contribution in [2.24, 2.45) is 10.8 Å². The summed E-state index contributed by atoms with van der Waals surface area (Å²) in [6, 6.07) is 10.0. The summed E-state index contributed by atoms with van der Waals surface area (Å²) in [5.41, 5.74) is 1.55. The molecule has 0 saturated heterocycles. The Kier molecular flexibility index (Phi) is 4.97. The van der Waals surface area contributed by atoms with Crippen LogP contribution in [0.3, 0.4) is 0 Å². The molecule has 0 unspecified atom stereocenters. The van der Waals surface area contributed by atoms with E-state index in [1.807, 2.05) is 6.07 Å². The molecule has 1 aromatic carbocycles. The number of carbonyl (C=O) groups excluding carboxylic acids is 2. The van der Waals surface area contributed by atoms with Gasteiger partial charge in [-0.05, 0) is 35.1 Å². The highest BCUT2D eigenvalue weighted by Gasteiger charge is 2.48. The number of ether oxygens (including phenoxy) is 1. The number of furan rings is 1. The van der Waals surface area contributed by atoms with Crippen molar-refractivity contribution in [3.63, 3.8) is 0 Å². The molecule has 2 heterocycles. The highest BCUT2D eigenvalue weighted by atomic mass is 16.5. The first-order valence-corrected chi connectivity index (χ1v) is 11.6. The zero-order chi connectivity index (χ0) is 24.4. The summed E-state index contributed by atoms with van der Waals surface area (Å²) >= 11 is 0. The SMILES string of the molecule is CC1(C)CC(=O)C2=C(C1)OC1=C(C(=O)CC(C)(C)C1)C2c1ccc(-c2ccc(C(=O)O)cc2)o1. The number of carboxylic acid groups (broad SMARTS) is 1. The first-order chi connectivity index (χ1) is 15.9. The van der Waals surface area contributed by atoms with Gasteiger partial charge in [0.1, 0.15) is 23.0 Å². The molecule has 2 aromatic rings. The lowest BCUT2D eigenvalue weighted by molar-refractivity contribution is -0.120. The number of carbonyl (C=O) groups is 3. The first-order valence-electron chi connectivity index (χ1n) is 11.6. The number of hydrogen-bond acceptors (Lipinski definition) is 5. The average molecular weight is 461 g/mol. The number of rotatable bonds is 3. The van der Waals surface area contributed by atoms with Crippen LogP contribution in [-0.2, 0) is 14.3 Å². The van der Waals surface area contributed by atoms with Crippen molar-refractivity contribution >= 4 is 17.5 Å². The van der Waals surface area contributed by atoms with Gasteiger partial charge in [-0.15, -0.1) is 0 Å². The van der Waals surface area contributed by atoms with Gasteiger partial charge in [-0.2, -0.15) is 0 Å². The van der Waals surface area contributed by atoms with Gasteiger partial charge in [0.15, 0.2) is 11.6 Å². The summed E-state index contributed by atoms with van der Waals surface area (Å²) in [6.07, 6.45) is 2.02. The van der Waals surface area contributed by atoms with Crippen molar-refractivity contribution in [2.75, 3.05) is 0 Å². The third-order valence-corrected chi connectivity index (χ3v) is 6.91. The molecule has 2 aliphatic carbocycles. The van der Waals surface area contributed by atoms with E-state index < -0.39 is 11.9 Å². The monoisotopic (exact) mass is 460 g/mol. The first kappa shape index (κ1) is 22.4. The molecular formula is C28H28O6. The molecule has 3 aliphatic rings. The Morgan fingerprint density at radius 2 is 1.35 bits per heavy atom. The van der Waals surface area contributed by atoms with Gasteiger partial charge in [-0.25, -0.2) is 4.79 Å². The Labute approximate surface area is 198 Å². The number of benzene rings is 1. The van der Waals surface area contributed by atoms with Gasteiger partial charge in [-0.1, -0.05) is 39.8 Å². The van der Waals surface area contributed by atoms with Crippen LogP contribution in [0.5, 0.6) is 0 Å². The van der Waals surface area contributed by atoms with Crippen molar-refractivity contribution < 1.29 is 28.6 Å². The normalized spacial score (nSPS) is 21.8. The minimum Gasteiger partial charge on any atom is -0.478 e. The molecule has 6 nitrogen and oxygen atoms in total. The Morgan fingerprint density at radius 1 is 0.824 bits per heavy atom. The minimum absolute atomic E-state index is 0.0100. The maximum Gasteiger partial charge on any atom is 0.335 e. The van der Waals surface area contributed by atoms with Crippen LogP contribution < -0.4 is 0 Å². The van der Waals surface area contributed by atoms with Crippen LogP contribution >= 0.6 is 0 Å². The Hall–Kier alpha value is -3.41. The fraction of sp³-hybridized carbons (Fsp3) is 0.393. The largest absolute Gasteiger partial charge is 0.478 e. The van der Waals surface area contributed by atoms with E-state index in [4.69, 9.17) is 14.3 Å². The summed E-state index contributed by atoms with van der Waals surface area (Å²) in [6.45, 7) is 8.22. The van der Waals surface area contributed by atoms with Crippen molar-refractivity contribution in [3.05, 3.63) is 70.4 Å². The lowest BCUT2D eigenvalue weighted by Gasteiger charge is -2.42. The molecule has 0 bridgehead atoms. The molecule has 1 aromatic heterocycles. The summed E-state index contributed by atoms with van der Waals surface area (Å²) in [7, 11) is 0. The van der Waals surface area contributed by atoms with Crippen molar-refractivity contribution in [1.82, 2.24) is 0 Å². The molecule has 0 saturated carbocycles. The van der Waals surface area contributed by atoms with Crippen LogP contribution in [-0.4, -0.2) is 22.6 Å². The number of Topliss-reactive ketones (excluding diaryl/α,β-unsaturated/α-hetero) is 2. The maximum atomic E-state index is 13.3. The standard InChI is InChI=1S/C28H28O6/c1-27(2)11-17(29)23-21(13-27)34-22-14-28(3,4)12-18(30)24(22)25(23)20-10-9-19(33-20)15-5-7-16(8-6-15)26(31)32/h5-10,25H,11-14H2,1-4H3,(H,31,32). The fourth-order valence-corrected chi connectivity index (χ4v) is 5.40. The topological polar surface area (TPSA) is 93.8 Å². The lowest BCUT2D eigenvalue weighted by Crippen LogP contribution is -2.37. The second-order valence-electron chi connectivity index (χ2n) is 11.2. The van der Waals surface area contributed by atoms with E-state index in [1.54, 1.807) is 18.2 Å². The number of hydrogen-bond donors (Lipinski definition) is 1. The van der Waals surface area contributed by atoms with Crippen LogP contribution in [0.15, 0.2) is 63.5 Å². The number of carboxylic acids is 1. The molecule has 1 N–H and O–H groups in total. The third-order valence-electron chi connectivity index (χ3n) is 6.91. The molecule has 6 heteroatoms. The van der Waals surface area contributed by atoms with Crippen LogP contribution in [0.25, 0.3) is 11.3 Å². The van der Waals surface area contributed by atoms with E-state index in [-0.39, 0.29) is 28.0 Å². The van der Waals surface area contributed by atoms with E-state index in [9.17, 15) is 14.4 Å². The fourth-order valence-electron chi connectivity index (χ4n) is 5.40. The molecular weight excluding hydrogens is 432 g/mol. The summed E-state index contributed by atoms with van der Waals surface area (Å²) < 4.78 is 12.5. The lowest BCUT2D eigenvalue weighted by atomic mass is 9.66. The molecule has 0 fully saturated rings. The molecule has 0 spiro atoms. The van der Waals surface area contributed by atoms with Gasteiger partial charge in [0.25, 0.3) is 0 Å². The van der Waals surface area contributed by atoms with Crippen LogP contribution in [0.4, 0.5) is 0 Å². The van der Waals surface area contributed by atoms with Crippen molar-refractivity contribution in [2.45, 2.75) is 59.3 Å². The van der Waals surface area contributed by atoms with Gasteiger partial charge < -0.3 is 14.3 Å². The Balaban J connectivity index is 1.61. The molecule has 0 amide bonds. The zero-order valence-electron chi connectivity index (χ0n) is 19.9. The Morgan fingerprint density at radius 3 is 1.85 bits per heavy atom. The van der Waals surface area contributed by atoms with E-state index in [1.165, 1.54) is 12.1 Å². The smallest absolute Gasteiger partial charge is 0.335 e. The van der Waals surface area contributed by atoms with E-state index >= 15 is 0 Å². The summed E-state index contributed by atoms with van der Waals surface area (Å²) in [5.74, 6) is 0.784. The van der Waals surface area contributed by atoms with Gasteiger partial charge in [0, 0.05) is 42.4 Å². The molecule has 0 radical (unpaired) electrons. The second kappa shape index (κ2) is 7.55. The molecule has 34 heavy (non-hydrogen) atoms. The number of allylic oxidation sites excluding steroid dienone is 4. The molecule has 176 valence electrons. The van der Waals surface area contributed by atoms with Gasteiger partial charge in [0.2, 0.25) is 0 Å². The van der Waals surface area contributed by atoms with Crippen LogP contribution in [0, 0.1) is 10.8 Å². The average Bonchev–Trinajstić information content (AvgIpc) is 3.20. The van der Waals surface area contributed by atoms with Crippen molar-refractivity contribution in [3.8, 4) is 11.3 Å². The highest BCUT2D eigenvalue weighted by molar-refractivity contribution is 6.06. The third kappa shape index (κ3) is 3.81. The highest BCUT2D eigenvalue weighted by Crippen LogP contribution is 2.53. The Bertz CT molecular complexity index is 1230. The molecule has 0 atom stereocenters. The number of aromatic carboxylic acids is 1. The van der Waals surface area contributed by atoms with Crippen molar-refractivity contribution in [1.29, 1.82) is 0 Å². The van der Waals surface area contributed by atoms with Gasteiger partial charge in [-0.3, -0.25) is 9.59 Å². The van der Waals surface area contributed by atoms with Crippen LogP contribution in [0.1, 0.15) is 75.4 Å². The number of ketones is 2. The molecule has 1 aliphatic heterocycles. The van der Waals surface area contributed by atoms with E-state index in [2.05, 4.69) is 27.7 Å². The maximum absolute atomic E-state index is 13.3. The quantitative estimate of drug-likeness (QED) is 0.600. The predicted molar refractivity (Wildman–Crippen MR) is 125 cm³/mol. The predicted octanol–water partition coefficient (Wildman–Crippen LogP) is 6.05. The summed E-state index contributed by atoms with van der Waals surface area (Å²) in [4.78, 5) is 37.9. The van der Waals surface area contributed by atoms with E-state index in [0.29, 0.717) is 59.9 Å². The minimum atomic E-state index is -0.995. The van der Waals surface area contributed by atoms with E-state index in [0.717, 1.165) is 5.56 Å². The van der Waals surface area contributed by atoms with Gasteiger partial charge >= 0.3 is 5.97 Å². The van der Waals surface area contributed by atoms with Crippen LogP contribution in [0.2, 0.25) is 0 Å². The molecule has 5 rings (SSSR count). The zero-order valence-corrected chi connectivity index (χ0v) is 19.9.